The molecule has 0 unspecified atom stereocenters. The van der Waals surface area contributed by atoms with Crippen LogP contribution in [-0.2, 0) is 10.2 Å². The van der Waals surface area contributed by atoms with Crippen LogP contribution in [0.15, 0.2) is 52.9 Å². The van der Waals surface area contributed by atoms with Gasteiger partial charge in [0.15, 0.2) is 4.34 Å². The van der Waals surface area contributed by atoms with Gasteiger partial charge in [-0.05, 0) is 35.2 Å². The first-order chi connectivity index (χ1) is 15.1. The molecule has 3 aromatic rings. The van der Waals surface area contributed by atoms with E-state index in [4.69, 9.17) is 0 Å². The van der Waals surface area contributed by atoms with Crippen molar-refractivity contribution in [3.63, 3.8) is 0 Å². The third-order valence-electron chi connectivity index (χ3n) is 4.33. The van der Waals surface area contributed by atoms with Gasteiger partial charge in [-0.25, -0.2) is 0 Å². The number of nitrogens with one attached hydrogen (secondary N) is 2. The van der Waals surface area contributed by atoms with E-state index < -0.39 is 4.92 Å². The van der Waals surface area contributed by atoms with Crippen LogP contribution in [0.2, 0.25) is 0 Å². The van der Waals surface area contributed by atoms with Crippen molar-refractivity contribution in [3.8, 4) is 0 Å². The third-order valence-corrected chi connectivity index (χ3v) is 6.30. The second-order valence-corrected chi connectivity index (χ2v) is 10.00. The number of amides is 2. The maximum Gasteiger partial charge on any atom is 0.269 e. The summed E-state index contributed by atoms with van der Waals surface area (Å²) >= 11 is 2.35. The Morgan fingerprint density at radius 3 is 2.28 bits per heavy atom. The highest BCUT2D eigenvalue weighted by Gasteiger charge is 2.16. The third kappa shape index (κ3) is 6.34. The van der Waals surface area contributed by atoms with Gasteiger partial charge in [-0.2, -0.15) is 0 Å². The van der Waals surface area contributed by atoms with Crippen molar-refractivity contribution in [1.29, 1.82) is 0 Å². The second kappa shape index (κ2) is 9.88. The molecule has 1 heterocycles. The van der Waals surface area contributed by atoms with Crippen LogP contribution in [0.1, 0.15) is 36.7 Å². The summed E-state index contributed by atoms with van der Waals surface area (Å²) in [5, 5.41) is 24.3. The van der Waals surface area contributed by atoms with E-state index >= 15 is 0 Å². The molecule has 0 atom stereocenters. The van der Waals surface area contributed by atoms with E-state index in [9.17, 15) is 19.7 Å². The second-order valence-electron chi connectivity index (χ2n) is 7.80. The van der Waals surface area contributed by atoms with Gasteiger partial charge in [-0.15, -0.1) is 10.2 Å². The molecule has 32 heavy (non-hydrogen) atoms. The Morgan fingerprint density at radius 1 is 1.03 bits per heavy atom. The van der Waals surface area contributed by atoms with Crippen LogP contribution in [0.5, 0.6) is 0 Å². The van der Waals surface area contributed by atoms with E-state index in [0.717, 1.165) is 5.56 Å². The van der Waals surface area contributed by atoms with E-state index in [1.165, 1.54) is 47.4 Å². The number of rotatable bonds is 7. The first kappa shape index (κ1) is 23.4. The number of aromatic nitrogens is 2. The molecule has 0 radical (unpaired) electrons. The normalized spacial score (nSPS) is 11.1. The predicted molar refractivity (Wildman–Crippen MR) is 125 cm³/mol. The van der Waals surface area contributed by atoms with Gasteiger partial charge >= 0.3 is 0 Å². The standard InChI is InChI=1S/C21H21N5O4S2/c1-21(2,3)14-6-4-13(5-7-14)18(28)23-19-24-25-20(32-19)31-12-17(27)22-15-8-10-16(11-9-15)26(29)30/h4-11H,12H2,1-3H3,(H,22,27)(H,23,24,28). The molecule has 2 aromatic carbocycles. The topological polar surface area (TPSA) is 127 Å². The number of carbonyl (C=O) groups is 2. The van der Waals surface area contributed by atoms with Crippen molar-refractivity contribution in [2.45, 2.75) is 30.5 Å². The minimum absolute atomic E-state index is 0.00508. The molecule has 0 fully saturated rings. The van der Waals surface area contributed by atoms with E-state index in [1.807, 2.05) is 12.1 Å². The molecule has 2 amide bonds. The number of benzene rings is 2. The van der Waals surface area contributed by atoms with E-state index in [0.29, 0.717) is 20.7 Å². The molecule has 0 bridgehead atoms. The predicted octanol–water partition coefficient (Wildman–Crippen LogP) is 4.73. The SMILES string of the molecule is CC(C)(C)c1ccc(C(=O)Nc2nnc(SCC(=O)Nc3ccc([N+](=O)[O-])cc3)s2)cc1. The van der Waals surface area contributed by atoms with Crippen LogP contribution in [0.25, 0.3) is 0 Å². The Labute approximate surface area is 192 Å². The van der Waals surface area contributed by atoms with Crippen molar-refractivity contribution in [1.82, 2.24) is 10.2 Å². The number of nitrogens with zero attached hydrogens (tertiary/aromatic N) is 3. The lowest BCUT2D eigenvalue weighted by Crippen LogP contribution is -2.14. The van der Waals surface area contributed by atoms with Crippen molar-refractivity contribution < 1.29 is 14.5 Å². The number of anilines is 2. The number of hydrogen-bond donors (Lipinski definition) is 2. The lowest BCUT2D eigenvalue weighted by molar-refractivity contribution is -0.384. The van der Waals surface area contributed by atoms with Gasteiger partial charge in [-0.3, -0.25) is 25.0 Å². The fourth-order valence-corrected chi connectivity index (χ4v) is 4.15. The Kier molecular flexibility index (Phi) is 7.21. The molecular weight excluding hydrogens is 450 g/mol. The van der Waals surface area contributed by atoms with Crippen LogP contribution in [0.3, 0.4) is 0 Å². The van der Waals surface area contributed by atoms with E-state index in [2.05, 4.69) is 41.6 Å². The molecule has 166 valence electrons. The molecule has 0 aliphatic rings. The summed E-state index contributed by atoms with van der Waals surface area (Å²) < 4.78 is 0.530. The zero-order valence-electron chi connectivity index (χ0n) is 17.6. The first-order valence-corrected chi connectivity index (χ1v) is 11.3. The average Bonchev–Trinajstić information content (AvgIpc) is 3.19. The monoisotopic (exact) mass is 471 g/mol. The van der Waals surface area contributed by atoms with Crippen molar-refractivity contribution in [2.24, 2.45) is 0 Å². The highest BCUT2D eigenvalue weighted by atomic mass is 32.2. The highest BCUT2D eigenvalue weighted by Crippen LogP contribution is 2.27. The fraction of sp³-hybridized carbons (Fsp3) is 0.238. The molecule has 11 heteroatoms. The van der Waals surface area contributed by atoms with Crippen molar-refractivity contribution in [2.75, 3.05) is 16.4 Å². The van der Waals surface area contributed by atoms with Crippen LogP contribution in [0, 0.1) is 10.1 Å². The summed E-state index contributed by atoms with van der Waals surface area (Å²) in [4.78, 5) is 34.7. The molecular formula is C21H21N5O4S2. The van der Waals surface area contributed by atoms with Gasteiger partial charge in [0.1, 0.15) is 0 Å². The van der Waals surface area contributed by atoms with Crippen molar-refractivity contribution >= 4 is 51.4 Å². The molecule has 0 saturated heterocycles. The first-order valence-electron chi connectivity index (χ1n) is 9.54. The summed E-state index contributed by atoms with van der Waals surface area (Å²) in [6.45, 7) is 6.32. The lowest BCUT2D eigenvalue weighted by Gasteiger charge is -2.18. The van der Waals surface area contributed by atoms with Gasteiger partial charge in [0, 0.05) is 23.4 Å². The van der Waals surface area contributed by atoms with Crippen LogP contribution in [0.4, 0.5) is 16.5 Å². The Balaban J connectivity index is 1.50. The highest BCUT2D eigenvalue weighted by molar-refractivity contribution is 8.01. The zero-order valence-corrected chi connectivity index (χ0v) is 19.3. The Hall–Kier alpha value is -3.31. The summed E-state index contributed by atoms with van der Waals surface area (Å²) in [5.41, 5.74) is 2.07. The molecule has 3 rings (SSSR count). The van der Waals surface area contributed by atoms with Crippen molar-refractivity contribution in [3.05, 3.63) is 69.8 Å². The van der Waals surface area contributed by atoms with E-state index in [-0.39, 0.29) is 28.7 Å². The molecule has 0 saturated carbocycles. The molecule has 9 nitrogen and oxygen atoms in total. The molecule has 0 spiro atoms. The number of carbonyl (C=O) groups excluding carboxylic acids is 2. The van der Waals surface area contributed by atoms with Gasteiger partial charge in [0.05, 0.1) is 10.7 Å². The number of nitro benzene ring substituents is 1. The zero-order chi connectivity index (χ0) is 23.3. The Morgan fingerprint density at radius 2 is 1.69 bits per heavy atom. The smallest absolute Gasteiger partial charge is 0.269 e. The minimum atomic E-state index is -0.506. The molecule has 0 aliphatic carbocycles. The summed E-state index contributed by atoms with van der Waals surface area (Å²) in [5.74, 6) is -0.494. The minimum Gasteiger partial charge on any atom is -0.325 e. The van der Waals surface area contributed by atoms with Crippen LogP contribution < -0.4 is 10.6 Å². The molecule has 2 N–H and O–H groups in total. The Bertz CT molecular complexity index is 1120. The average molecular weight is 472 g/mol. The quantitative estimate of drug-likeness (QED) is 0.221. The molecule has 1 aromatic heterocycles. The van der Waals surface area contributed by atoms with Gasteiger partial charge < -0.3 is 5.32 Å². The van der Waals surface area contributed by atoms with E-state index in [1.54, 1.807) is 12.1 Å². The number of thioether (sulfide) groups is 1. The van der Waals surface area contributed by atoms with Crippen LogP contribution in [-0.4, -0.2) is 32.7 Å². The summed E-state index contributed by atoms with van der Waals surface area (Å²) in [6, 6.07) is 13.0. The maximum atomic E-state index is 12.4. The summed E-state index contributed by atoms with van der Waals surface area (Å²) in [7, 11) is 0. The summed E-state index contributed by atoms with van der Waals surface area (Å²) in [6.07, 6.45) is 0. The van der Waals surface area contributed by atoms with Crippen LogP contribution >= 0.6 is 23.1 Å². The largest absolute Gasteiger partial charge is 0.325 e. The van der Waals surface area contributed by atoms with Gasteiger partial charge in [-0.1, -0.05) is 56.0 Å². The molecule has 0 aliphatic heterocycles. The number of hydrogen-bond acceptors (Lipinski definition) is 8. The lowest BCUT2D eigenvalue weighted by atomic mass is 9.87. The number of nitro groups is 1. The number of non-ortho nitro benzene ring substituents is 1. The maximum absolute atomic E-state index is 12.4. The van der Waals surface area contributed by atoms with Gasteiger partial charge in [0.25, 0.3) is 11.6 Å². The van der Waals surface area contributed by atoms with Gasteiger partial charge in [0.2, 0.25) is 11.0 Å². The fourth-order valence-electron chi connectivity index (χ4n) is 2.60.